The first-order chi connectivity index (χ1) is 10.2. The van der Waals surface area contributed by atoms with Gasteiger partial charge in [0.1, 0.15) is 0 Å². The highest BCUT2D eigenvalue weighted by Crippen LogP contribution is 2.03. The molecule has 21 heavy (non-hydrogen) atoms. The summed E-state index contributed by atoms with van der Waals surface area (Å²) in [5.41, 5.74) is 7.90. The van der Waals surface area contributed by atoms with E-state index in [9.17, 15) is 4.79 Å². The number of hydrogen-bond donors (Lipinski definition) is 2. The van der Waals surface area contributed by atoms with Crippen molar-refractivity contribution in [1.29, 1.82) is 0 Å². The number of hydrogen-bond acceptors (Lipinski definition) is 3. The molecule has 0 saturated carbocycles. The fourth-order valence-electron chi connectivity index (χ4n) is 1.88. The smallest absolute Gasteiger partial charge is 0.251 e. The number of aryl methyl sites for hydroxylation is 1. The lowest BCUT2D eigenvalue weighted by molar-refractivity contribution is 0.0954. The summed E-state index contributed by atoms with van der Waals surface area (Å²) in [7, 11) is 1.87. The summed E-state index contributed by atoms with van der Waals surface area (Å²) in [5.74, 6) is 5.61. The molecular formula is C16H18N4O. The molecular weight excluding hydrogens is 264 g/mol. The predicted octanol–water partition coefficient (Wildman–Crippen LogP) is 0.703. The number of rotatable bonds is 4. The highest BCUT2D eigenvalue weighted by molar-refractivity contribution is 5.94. The Morgan fingerprint density at radius 2 is 2.14 bits per heavy atom. The van der Waals surface area contributed by atoms with Crippen LogP contribution in [0.3, 0.4) is 0 Å². The van der Waals surface area contributed by atoms with Crippen LogP contribution in [0.1, 0.15) is 21.5 Å². The van der Waals surface area contributed by atoms with Crippen molar-refractivity contribution in [3.05, 3.63) is 53.3 Å². The first-order valence-corrected chi connectivity index (χ1v) is 6.74. The average Bonchev–Trinajstić information content (AvgIpc) is 2.91. The Balaban J connectivity index is 1.85. The van der Waals surface area contributed by atoms with E-state index >= 15 is 0 Å². The molecule has 0 fully saturated rings. The zero-order valence-corrected chi connectivity index (χ0v) is 12.0. The van der Waals surface area contributed by atoms with Gasteiger partial charge in [0.05, 0.1) is 12.7 Å². The molecule has 5 nitrogen and oxygen atoms in total. The number of amides is 1. The van der Waals surface area contributed by atoms with Gasteiger partial charge in [-0.2, -0.15) is 5.10 Å². The number of nitrogens with one attached hydrogen (secondary N) is 1. The number of nitrogens with two attached hydrogens (primary N) is 1. The van der Waals surface area contributed by atoms with Crippen molar-refractivity contribution in [3.63, 3.8) is 0 Å². The van der Waals surface area contributed by atoms with Crippen molar-refractivity contribution in [2.45, 2.75) is 6.42 Å². The molecule has 108 valence electrons. The largest absolute Gasteiger partial charge is 0.352 e. The maximum Gasteiger partial charge on any atom is 0.251 e. The van der Waals surface area contributed by atoms with Crippen LogP contribution < -0.4 is 11.1 Å². The summed E-state index contributed by atoms with van der Waals surface area (Å²) in [6, 6.07) is 7.16. The molecule has 2 rings (SSSR count). The van der Waals surface area contributed by atoms with Gasteiger partial charge < -0.3 is 11.1 Å². The van der Waals surface area contributed by atoms with E-state index in [1.54, 1.807) is 23.0 Å². The molecule has 2 aromatic rings. The molecule has 0 radical (unpaired) electrons. The maximum absolute atomic E-state index is 12.0. The molecule has 0 spiro atoms. The van der Waals surface area contributed by atoms with Gasteiger partial charge in [-0.15, -0.1) is 0 Å². The quantitative estimate of drug-likeness (QED) is 0.811. The summed E-state index contributed by atoms with van der Waals surface area (Å²) >= 11 is 0. The highest BCUT2D eigenvalue weighted by atomic mass is 16.1. The Kier molecular flexibility index (Phi) is 5.13. The van der Waals surface area contributed by atoms with E-state index in [-0.39, 0.29) is 5.91 Å². The minimum absolute atomic E-state index is 0.0859. The third-order valence-electron chi connectivity index (χ3n) is 2.94. The first kappa shape index (κ1) is 14.8. The van der Waals surface area contributed by atoms with E-state index in [1.807, 2.05) is 25.4 Å². The molecule has 0 unspecified atom stereocenters. The summed E-state index contributed by atoms with van der Waals surface area (Å²) in [5, 5.41) is 6.98. The lowest BCUT2D eigenvalue weighted by Gasteiger charge is -2.04. The van der Waals surface area contributed by atoms with Gasteiger partial charge in [-0.1, -0.05) is 11.8 Å². The molecule has 0 atom stereocenters. The van der Waals surface area contributed by atoms with Crippen molar-refractivity contribution in [2.24, 2.45) is 12.8 Å². The van der Waals surface area contributed by atoms with E-state index in [1.165, 1.54) is 0 Å². The average molecular weight is 282 g/mol. The van der Waals surface area contributed by atoms with Gasteiger partial charge in [0.15, 0.2) is 0 Å². The number of aromatic nitrogens is 2. The summed E-state index contributed by atoms with van der Waals surface area (Å²) in [6.07, 6.45) is 4.51. The zero-order chi connectivity index (χ0) is 15.1. The minimum Gasteiger partial charge on any atom is -0.352 e. The van der Waals surface area contributed by atoms with E-state index in [4.69, 9.17) is 5.73 Å². The van der Waals surface area contributed by atoms with Gasteiger partial charge in [0.2, 0.25) is 0 Å². The molecule has 0 aliphatic heterocycles. The minimum atomic E-state index is -0.0859. The monoisotopic (exact) mass is 282 g/mol. The summed E-state index contributed by atoms with van der Waals surface area (Å²) in [4.78, 5) is 12.0. The highest BCUT2D eigenvalue weighted by Gasteiger charge is 2.04. The zero-order valence-electron chi connectivity index (χ0n) is 12.0. The number of carbonyl (C=O) groups excluding carboxylic acids is 1. The Labute approximate surface area is 124 Å². The fourth-order valence-corrected chi connectivity index (χ4v) is 1.88. The third kappa shape index (κ3) is 4.48. The van der Waals surface area contributed by atoms with Crippen molar-refractivity contribution in [3.8, 4) is 11.8 Å². The van der Waals surface area contributed by atoms with E-state index in [0.29, 0.717) is 18.7 Å². The second-order valence-corrected chi connectivity index (χ2v) is 4.61. The van der Waals surface area contributed by atoms with E-state index < -0.39 is 0 Å². The van der Waals surface area contributed by atoms with Crippen LogP contribution in [-0.2, 0) is 13.5 Å². The molecule has 1 amide bonds. The van der Waals surface area contributed by atoms with Crippen LogP contribution in [0.5, 0.6) is 0 Å². The maximum atomic E-state index is 12.0. The van der Waals surface area contributed by atoms with E-state index in [0.717, 1.165) is 17.5 Å². The second kappa shape index (κ2) is 7.27. The van der Waals surface area contributed by atoms with E-state index in [2.05, 4.69) is 22.3 Å². The van der Waals surface area contributed by atoms with Crippen molar-refractivity contribution < 1.29 is 4.79 Å². The van der Waals surface area contributed by atoms with Crippen LogP contribution >= 0.6 is 0 Å². The Bertz CT molecular complexity index is 662. The Morgan fingerprint density at radius 3 is 2.76 bits per heavy atom. The molecule has 1 heterocycles. The van der Waals surface area contributed by atoms with Crippen LogP contribution in [0.2, 0.25) is 0 Å². The lowest BCUT2D eigenvalue weighted by Crippen LogP contribution is -2.25. The van der Waals surface area contributed by atoms with Crippen LogP contribution in [-0.4, -0.2) is 28.8 Å². The Hall–Kier alpha value is -2.58. The van der Waals surface area contributed by atoms with Crippen molar-refractivity contribution in [1.82, 2.24) is 15.1 Å². The summed E-state index contributed by atoms with van der Waals surface area (Å²) < 4.78 is 1.75. The number of carbonyl (C=O) groups is 1. The number of benzene rings is 1. The van der Waals surface area contributed by atoms with Crippen LogP contribution in [0, 0.1) is 11.8 Å². The van der Waals surface area contributed by atoms with Crippen LogP contribution in [0.15, 0.2) is 36.7 Å². The van der Waals surface area contributed by atoms with Crippen LogP contribution in [0.25, 0.3) is 0 Å². The standard InChI is InChI=1S/C16H18N4O/c1-20-12-14(11-19-20)8-10-18-16(21)15-6-4-13(5-7-15)3-2-9-17/h4-7,11-12H,8-10,17H2,1H3,(H,18,21). The molecule has 1 aromatic heterocycles. The molecule has 3 N–H and O–H groups in total. The molecule has 0 bridgehead atoms. The van der Waals surface area contributed by atoms with Gasteiger partial charge in [-0.3, -0.25) is 9.48 Å². The van der Waals surface area contributed by atoms with Gasteiger partial charge in [-0.05, 0) is 36.2 Å². The van der Waals surface area contributed by atoms with Gasteiger partial charge >= 0.3 is 0 Å². The molecule has 0 aliphatic rings. The van der Waals surface area contributed by atoms with Crippen molar-refractivity contribution >= 4 is 5.91 Å². The lowest BCUT2D eigenvalue weighted by atomic mass is 10.1. The Morgan fingerprint density at radius 1 is 1.38 bits per heavy atom. The number of nitrogens with zero attached hydrogens (tertiary/aromatic N) is 2. The first-order valence-electron chi connectivity index (χ1n) is 6.74. The molecule has 0 aliphatic carbocycles. The second-order valence-electron chi connectivity index (χ2n) is 4.61. The molecule has 1 aromatic carbocycles. The topological polar surface area (TPSA) is 72.9 Å². The van der Waals surface area contributed by atoms with Gasteiger partial charge in [0, 0.05) is 30.9 Å². The third-order valence-corrected chi connectivity index (χ3v) is 2.94. The van der Waals surface area contributed by atoms with Gasteiger partial charge in [0.25, 0.3) is 5.91 Å². The SMILES string of the molecule is Cn1cc(CCNC(=O)c2ccc(C#CCN)cc2)cn1. The van der Waals surface area contributed by atoms with Crippen LogP contribution in [0.4, 0.5) is 0 Å². The molecule has 0 saturated heterocycles. The molecule has 5 heteroatoms. The van der Waals surface area contributed by atoms with Gasteiger partial charge in [-0.25, -0.2) is 0 Å². The predicted molar refractivity (Wildman–Crippen MR) is 81.6 cm³/mol. The van der Waals surface area contributed by atoms with Crippen molar-refractivity contribution in [2.75, 3.05) is 13.1 Å². The fraction of sp³-hybridized carbons (Fsp3) is 0.250. The normalized spacial score (nSPS) is 9.81. The summed E-state index contributed by atoms with van der Waals surface area (Å²) in [6.45, 7) is 0.913.